The van der Waals surface area contributed by atoms with Crippen LogP contribution in [-0.4, -0.2) is 29.8 Å². The van der Waals surface area contributed by atoms with E-state index in [1.807, 2.05) is 67.6 Å². The van der Waals surface area contributed by atoms with E-state index in [2.05, 4.69) is 5.32 Å². The molecule has 2 amide bonds. The Hall–Kier alpha value is -3.60. The first-order chi connectivity index (χ1) is 14.6. The van der Waals surface area contributed by atoms with E-state index in [0.717, 1.165) is 16.8 Å². The molecular weight excluding hydrogens is 376 g/mol. The monoisotopic (exact) mass is 398 g/mol. The average Bonchev–Trinajstić information content (AvgIpc) is 3.31. The maximum absolute atomic E-state index is 13.4. The second kappa shape index (κ2) is 7.02. The molecule has 5 rings (SSSR count). The van der Waals surface area contributed by atoms with Crippen molar-refractivity contribution in [3.63, 3.8) is 0 Å². The van der Waals surface area contributed by atoms with Gasteiger partial charge in [0.1, 0.15) is 11.5 Å². The van der Waals surface area contributed by atoms with Crippen LogP contribution in [0.2, 0.25) is 0 Å². The Bertz CT molecular complexity index is 1160. The Kier molecular flexibility index (Phi) is 4.31. The second-order valence-corrected chi connectivity index (χ2v) is 7.97. The highest BCUT2D eigenvalue weighted by molar-refractivity contribution is 6.07. The van der Waals surface area contributed by atoms with Crippen molar-refractivity contribution in [3.05, 3.63) is 89.5 Å². The quantitative estimate of drug-likeness (QED) is 0.706. The maximum Gasteiger partial charge on any atom is 0.257 e. The standard InChI is InChI=1S/C25H22N2O3/c1-17-7-6-8-18(15-17)30-22-12-5-2-9-19(22)23(28)27-14-13-25(16-27)20-10-3-4-11-21(20)26-24(25)29/h2-12,15H,13-14,16H2,1H3,(H,26,29). The first-order valence-electron chi connectivity index (χ1n) is 10.1. The maximum atomic E-state index is 13.4. The van der Waals surface area contributed by atoms with Crippen molar-refractivity contribution in [1.82, 2.24) is 4.90 Å². The Morgan fingerprint density at radius 3 is 2.70 bits per heavy atom. The van der Waals surface area contributed by atoms with Gasteiger partial charge in [-0.2, -0.15) is 0 Å². The molecule has 0 radical (unpaired) electrons. The number of rotatable bonds is 3. The van der Waals surface area contributed by atoms with Crippen LogP contribution in [0.15, 0.2) is 72.8 Å². The molecule has 1 unspecified atom stereocenters. The van der Waals surface area contributed by atoms with Gasteiger partial charge in [0.25, 0.3) is 5.91 Å². The lowest BCUT2D eigenvalue weighted by Gasteiger charge is -2.23. The molecule has 0 aliphatic carbocycles. The number of amides is 2. The van der Waals surface area contributed by atoms with E-state index in [9.17, 15) is 9.59 Å². The van der Waals surface area contributed by atoms with Crippen molar-refractivity contribution < 1.29 is 14.3 Å². The number of nitrogens with zero attached hydrogens (tertiary/aromatic N) is 1. The average molecular weight is 398 g/mol. The summed E-state index contributed by atoms with van der Waals surface area (Å²) in [4.78, 5) is 28.0. The Balaban J connectivity index is 1.42. The van der Waals surface area contributed by atoms with Gasteiger partial charge in [-0.05, 0) is 54.8 Å². The number of para-hydroxylation sites is 2. The molecule has 1 spiro atoms. The zero-order valence-corrected chi connectivity index (χ0v) is 16.7. The second-order valence-electron chi connectivity index (χ2n) is 7.97. The third-order valence-corrected chi connectivity index (χ3v) is 6.02. The van der Waals surface area contributed by atoms with Crippen LogP contribution in [0.25, 0.3) is 0 Å². The Labute approximate surface area is 175 Å². The molecule has 5 nitrogen and oxygen atoms in total. The van der Waals surface area contributed by atoms with Crippen LogP contribution in [0.4, 0.5) is 5.69 Å². The van der Waals surface area contributed by atoms with Gasteiger partial charge in [0, 0.05) is 18.8 Å². The number of aryl methyl sites for hydroxylation is 1. The van der Waals surface area contributed by atoms with Gasteiger partial charge in [0.2, 0.25) is 5.91 Å². The van der Waals surface area contributed by atoms with Crippen molar-refractivity contribution in [2.24, 2.45) is 0 Å². The molecule has 1 N–H and O–H groups in total. The predicted octanol–water partition coefficient (Wildman–Crippen LogP) is 4.52. The smallest absolute Gasteiger partial charge is 0.257 e. The number of benzene rings is 3. The number of anilines is 1. The first-order valence-corrected chi connectivity index (χ1v) is 10.1. The summed E-state index contributed by atoms with van der Waals surface area (Å²) in [6.45, 7) is 2.89. The minimum atomic E-state index is -0.668. The SMILES string of the molecule is Cc1cccc(Oc2ccccc2C(=O)N2CCC3(C2)C(=O)Nc2ccccc23)c1. The van der Waals surface area contributed by atoms with E-state index < -0.39 is 5.41 Å². The zero-order valence-electron chi connectivity index (χ0n) is 16.7. The number of ether oxygens (including phenoxy) is 1. The van der Waals surface area contributed by atoms with Crippen LogP contribution < -0.4 is 10.1 Å². The normalized spacial score (nSPS) is 19.6. The molecule has 0 bridgehead atoms. The van der Waals surface area contributed by atoms with E-state index in [4.69, 9.17) is 4.74 Å². The molecule has 3 aromatic carbocycles. The summed E-state index contributed by atoms with van der Waals surface area (Å²) >= 11 is 0. The van der Waals surface area contributed by atoms with Crippen LogP contribution in [0.1, 0.15) is 27.9 Å². The molecule has 1 fully saturated rings. The van der Waals surface area contributed by atoms with Gasteiger partial charge in [0.05, 0.1) is 11.0 Å². The lowest BCUT2D eigenvalue weighted by Crippen LogP contribution is -2.39. The predicted molar refractivity (Wildman–Crippen MR) is 115 cm³/mol. The van der Waals surface area contributed by atoms with Crippen molar-refractivity contribution in [2.75, 3.05) is 18.4 Å². The van der Waals surface area contributed by atoms with Gasteiger partial charge >= 0.3 is 0 Å². The van der Waals surface area contributed by atoms with Gasteiger partial charge in [0.15, 0.2) is 0 Å². The van der Waals surface area contributed by atoms with Gasteiger partial charge in [-0.1, -0.05) is 42.5 Å². The summed E-state index contributed by atoms with van der Waals surface area (Å²) in [7, 11) is 0. The van der Waals surface area contributed by atoms with Gasteiger partial charge in [-0.3, -0.25) is 9.59 Å². The van der Waals surface area contributed by atoms with Crippen molar-refractivity contribution in [1.29, 1.82) is 0 Å². The third-order valence-electron chi connectivity index (χ3n) is 6.02. The first kappa shape index (κ1) is 18.4. The van der Waals surface area contributed by atoms with E-state index >= 15 is 0 Å². The Morgan fingerprint density at radius 2 is 1.83 bits per heavy atom. The summed E-state index contributed by atoms with van der Waals surface area (Å²) < 4.78 is 6.04. The van der Waals surface area contributed by atoms with Crippen molar-refractivity contribution in [3.8, 4) is 11.5 Å². The third kappa shape index (κ3) is 2.94. The molecule has 2 aliphatic heterocycles. The number of carbonyl (C=O) groups is 2. The number of hydrogen-bond donors (Lipinski definition) is 1. The molecule has 2 heterocycles. The summed E-state index contributed by atoms with van der Waals surface area (Å²) in [5, 5.41) is 2.98. The summed E-state index contributed by atoms with van der Waals surface area (Å²) in [6.07, 6.45) is 0.614. The summed E-state index contributed by atoms with van der Waals surface area (Å²) in [5.41, 5.74) is 2.75. The van der Waals surface area contributed by atoms with Crippen LogP contribution in [0.5, 0.6) is 11.5 Å². The molecular formula is C25H22N2O3. The molecule has 5 heteroatoms. The fourth-order valence-corrected chi connectivity index (χ4v) is 4.47. The van der Waals surface area contributed by atoms with E-state index in [0.29, 0.717) is 36.6 Å². The van der Waals surface area contributed by atoms with E-state index in [1.165, 1.54) is 0 Å². The topological polar surface area (TPSA) is 58.6 Å². The number of carbonyl (C=O) groups excluding carboxylic acids is 2. The molecule has 3 aromatic rings. The fraction of sp³-hybridized carbons (Fsp3) is 0.200. The summed E-state index contributed by atoms with van der Waals surface area (Å²) in [5.74, 6) is 1.07. The Morgan fingerprint density at radius 1 is 1.03 bits per heavy atom. The number of fused-ring (bicyclic) bond motifs is 2. The highest BCUT2D eigenvalue weighted by atomic mass is 16.5. The number of hydrogen-bond acceptors (Lipinski definition) is 3. The van der Waals surface area contributed by atoms with Crippen LogP contribution in [0, 0.1) is 6.92 Å². The molecule has 150 valence electrons. The van der Waals surface area contributed by atoms with Gasteiger partial charge in [-0.15, -0.1) is 0 Å². The minimum Gasteiger partial charge on any atom is -0.457 e. The van der Waals surface area contributed by atoms with E-state index in [1.54, 1.807) is 17.0 Å². The molecule has 0 saturated carbocycles. The summed E-state index contributed by atoms with van der Waals surface area (Å²) in [6, 6.07) is 22.8. The highest BCUT2D eigenvalue weighted by Gasteiger charge is 2.52. The fourth-order valence-electron chi connectivity index (χ4n) is 4.47. The zero-order chi connectivity index (χ0) is 20.7. The number of likely N-dealkylation sites (tertiary alicyclic amines) is 1. The lowest BCUT2D eigenvalue weighted by atomic mass is 9.81. The van der Waals surface area contributed by atoms with Crippen LogP contribution >= 0.6 is 0 Å². The molecule has 2 aliphatic rings. The lowest BCUT2D eigenvalue weighted by molar-refractivity contribution is -0.120. The van der Waals surface area contributed by atoms with Crippen molar-refractivity contribution >= 4 is 17.5 Å². The minimum absolute atomic E-state index is 0.0247. The molecule has 1 saturated heterocycles. The van der Waals surface area contributed by atoms with Crippen LogP contribution in [-0.2, 0) is 10.2 Å². The molecule has 1 atom stereocenters. The van der Waals surface area contributed by atoms with Crippen molar-refractivity contribution in [2.45, 2.75) is 18.8 Å². The van der Waals surface area contributed by atoms with E-state index in [-0.39, 0.29) is 11.8 Å². The highest BCUT2D eigenvalue weighted by Crippen LogP contribution is 2.44. The van der Waals surface area contributed by atoms with Gasteiger partial charge < -0.3 is 15.0 Å². The molecule has 0 aromatic heterocycles. The number of nitrogens with one attached hydrogen (secondary N) is 1. The van der Waals surface area contributed by atoms with Crippen LogP contribution in [0.3, 0.4) is 0 Å². The van der Waals surface area contributed by atoms with Gasteiger partial charge in [-0.25, -0.2) is 0 Å². The molecule has 30 heavy (non-hydrogen) atoms. The largest absolute Gasteiger partial charge is 0.457 e.